The highest BCUT2D eigenvalue weighted by molar-refractivity contribution is 5.97. The highest BCUT2D eigenvalue weighted by Gasteiger charge is 2.18. The zero-order valence-corrected chi connectivity index (χ0v) is 13.4. The van der Waals surface area contributed by atoms with Crippen molar-refractivity contribution >= 4 is 23.3 Å². The van der Waals surface area contributed by atoms with Gasteiger partial charge in [0.1, 0.15) is 0 Å². The van der Waals surface area contributed by atoms with E-state index in [1.807, 2.05) is 13.8 Å². The maximum atomic E-state index is 12.0. The van der Waals surface area contributed by atoms with Gasteiger partial charge in [-0.15, -0.1) is 0 Å². The second-order valence-corrected chi connectivity index (χ2v) is 5.35. The lowest BCUT2D eigenvalue weighted by atomic mass is 10.1. The van der Waals surface area contributed by atoms with Gasteiger partial charge in [0.15, 0.2) is 6.61 Å². The molecule has 8 nitrogen and oxygen atoms in total. The number of rotatable bonds is 8. The van der Waals surface area contributed by atoms with Crippen LogP contribution in [0.15, 0.2) is 18.2 Å². The van der Waals surface area contributed by atoms with E-state index in [9.17, 15) is 19.7 Å². The predicted octanol–water partition coefficient (Wildman–Crippen LogP) is 1.96. The number of nitrogens with one attached hydrogen (secondary N) is 2. The fourth-order valence-corrected chi connectivity index (χ4v) is 1.79. The number of hydrogen-bond donors (Lipinski definition) is 2. The van der Waals surface area contributed by atoms with Crippen LogP contribution < -0.4 is 10.6 Å². The first-order chi connectivity index (χ1) is 10.8. The van der Waals surface area contributed by atoms with Crippen molar-refractivity contribution in [3.63, 3.8) is 0 Å². The lowest BCUT2D eigenvalue weighted by Gasteiger charge is -2.10. The molecule has 0 aliphatic carbocycles. The Balaban J connectivity index is 2.65. The fourth-order valence-electron chi connectivity index (χ4n) is 1.79. The number of esters is 1. The minimum Gasteiger partial charge on any atom is -0.452 e. The number of non-ortho nitro benzene ring substituents is 1. The monoisotopic (exact) mass is 323 g/mol. The molecule has 0 atom stereocenters. The average molecular weight is 323 g/mol. The molecular weight excluding hydrogens is 302 g/mol. The number of ether oxygens (including phenoxy) is 1. The van der Waals surface area contributed by atoms with E-state index in [0.29, 0.717) is 18.2 Å². The number of amides is 1. The van der Waals surface area contributed by atoms with Gasteiger partial charge in [0.25, 0.3) is 11.6 Å². The number of nitro groups is 1. The second kappa shape index (κ2) is 8.72. The number of benzene rings is 1. The van der Waals surface area contributed by atoms with Crippen LogP contribution in [0.2, 0.25) is 0 Å². The summed E-state index contributed by atoms with van der Waals surface area (Å²) in [4.78, 5) is 33.8. The summed E-state index contributed by atoms with van der Waals surface area (Å²) in [6, 6.07) is 3.81. The van der Waals surface area contributed by atoms with Crippen molar-refractivity contribution in [2.75, 3.05) is 25.5 Å². The Morgan fingerprint density at radius 2 is 2.04 bits per heavy atom. The maximum absolute atomic E-state index is 12.0. The lowest BCUT2D eigenvalue weighted by Crippen LogP contribution is -2.30. The summed E-state index contributed by atoms with van der Waals surface area (Å²) in [6.07, 6.45) is 0.828. The molecule has 0 unspecified atom stereocenters. The number of nitro benzene ring substituents is 1. The molecular formula is C15H21N3O5. The molecule has 2 N–H and O–H groups in total. The summed E-state index contributed by atoms with van der Waals surface area (Å²) >= 11 is 0. The smallest absolute Gasteiger partial charge is 0.341 e. The van der Waals surface area contributed by atoms with Crippen LogP contribution in [-0.4, -0.2) is 37.0 Å². The molecule has 0 aromatic heterocycles. The third kappa shape index (κ3) is 5.93. The third-order valence-electron chi connectivity index (χ3n) is 3.08. The van der Waals surface area contributed by atoms with E-state index in [4.69, 9.17) is 4.74 Å². The fraction of sp³-hybridized carbons (Fsp3) is 0.467. The van der Waals surface area contributed by atoms with Gasteiger partial charge in [-0.25, -0.2) is 4.79 Å². The zero-order valence-electron chi connectivity index (χ0n) is 13.4. The molecule has 1 amide bonds. The molecule has 0 aliphatic rings. The highest BCUT2D eigenvalue weighted by Crippen LogP contribution is 2.22. The van der Waals surface area contributed by atoms with E-state index in [1.165, 1.54) is 12.1 Å². The minimum absolute atomic E-state index is 0.0108. The van der Waals surface area contributed by atoms with E-state index in [0.717, 1.165) is 12.5 Å². The normalized spacial score (nSPS) is 10.3. The SMILES string of the molecule is CNc1ccc([N+](=O)[O-])cc1C(=O)OCC(=O)NCCC(C)C. The lowest BCUT2D eigenvalue weighted by molar-refractivity contribution is -0.384. The van der Waals surface area contributed by atoms with Crippen molar-refractivity contribution in [1.82, 2.24) is 5.32 Å². The van der Waals surface area contributed by atoms with Crippen molar-refractivity contribution in [1.29, 1.82) is 0 Å². The van der Waals surface area contributed by atoms with Crippen molar-refractivity contribution in [2.24, 2.45) is 5.92 Å². The van der Waals surface area contributed by atoms with Gasteiger partial charge in [0, 0.05) is 31.4 Å². The van der Waals surface area contributed by atoms with Gasteiger partial charge in [-0.2, -0.15) is 0 Å². The summed E-state index contributed by atoms with van der Waals surface area (Å²) in [5.74, 6) is -0.742. The summed E-state index contributed by atoms with van der Waals surface area (Å²) in [6.45, 7) is 4.15. The van der Waals surface area contributed by atoms with E-state index in [2.05, 4.69) is 10.6 Å². The molecule has 126 valence electrons. The summed E-state index contributed by atoms with van der Waals surface area (Å²) < 4.78 is 4.91. The Kier molecular flexibility index (Phi) is 6.98. The second-order valence-electron chi connectivity index (χ2n) is 5.35. The van der Waals surface area contributed by atoms with Gasteiger partial charge < -0.3 is 15.4 Å². The van der Waals surface area contributed by atoms with E-state index in [-0.39, 0.29) is 11.3 Å². The van der Waals surface area contributed by atoms with Gasteiger partial charge in [-0.05, 0) is 18.4 Å². The maximum Gasteiger partial charge on any atom is 0.341 e. The van der Waals surface area contributed by atoms with Crippen LogP contribution in [0.25, 0.3) is 0 Å². The third-order valence-corrected chi connectivity index (χ3v) is 3.08. The number of hydrogen-bond acceptors (Lipinski definition) is 6. The molecule has 23 heavy (non-hydrogen) atoms. The Hall–Kier alpha value is -2.64. The van der Waals surface area contributed by atoms with Crippen molar-refractivity contribution in [3.05, 3.63) is 33.9 Å². The largest absolute Gasteiger partial charge is 0.452 e. The van der Waals surface area contributed by atoms with Gasteiger partial charge in [-0.3, -0.25) is 14.9 Å². The quantitative estimate of drug-likeness (QED) is 0.430. The van der Waals surface area contributed by atoms with Crippen LogP contribution in [0.4, 0.5) is 11.4 Å². The van der Waals surface area contributed by atoms with E-state index >= 15 is 0 Å². The van der Waals surface area contributed by atoms with Crippen LogP contribution >= 0.6 is 0 Å². The molecule has 8 heteroatoms. The number of nitrogens with zero attached hydrogens (tertiary/aromatic N) is 1. The van der Waals surface area contributed by atoms with Crippen molar-refractivity contribution < 1.29 is 19.2 Å². The molecule has 0 spiro atoms. The first-order valence-electron chi connectivity index (χ1n) is 7.25. The minimum atomic E-state index is -0.794. The molecule has 1 aromatic carbocycles. The van der Waals surface area contributed by atoms with Crippen LogP contribution in [0.5, 0.6) is 0 Å². The van der Waals surface area contributed by atoms with Gasteiger partial charge in [0.05, 0.1) is 10.5 Å². The molecule has 0 radical (unpaired) electrons. The van der Waals surface area contributed by atoms with Gasteiger partial charge in [-0.1, -0.05) is 13.8 Å². The summed E-state index contributed by atoms with van der Waals surface area (Å²) in [5.41, 5.74) is 0.176. The number of carbonyl (C=O) groups is 2. The first kappa shape index (κ1) is 18.4. The zero-order chi connectivity index (χ0) is 17.4. The van der Waals surface area contributed by atoms with Gasteiger partial charge in [0.2, 0.25) is 0 Å². The van der Waals surface area contributed by atoms with Crippen LogP contribution in [0.3, 0.4) is 0 Å². The summed E-state index contributed by atoms with van der Waals surface area (Å²) in [5, 5.41) is 16.2. The average Bonchev–Trinajstić information content (AvgIpc) is 2.51. The van der Waals surface area contributed by atoms with Gasteiger partial charge >= 0.3 is 5.97 Å². The predicted molar refractivity (Wildman–Crippen MR) is 85.4 cm³/mol. The molecule has 0 bridgehead atoms. The number of anilines is 1. The highest BCUT2D eigenvalue weighted by atomic mass is 16.6. The standard InChI is InChI=1S/C15H21N3O5/c1-10(2)6-7-17-14(19)9-23-15(20)12-8-11(18(21)22)4-5-13(12)16-3/h4-5,8,10,16H,6-7,9H2,1-3H3,(H,17,19). The molecule has 1 aromatic rings. The van der Waals surface area contributed by atoms with E-state index < -0.39 is 23.4 Å². The molecule has 0 fully saturated rings. The van der Waals surface area contributed by atoms with Crippen molar-refractivity contribution in [2.45, 2.75) is 20.3 Å². The first-order valence-corrected chi connectivity index (χ1v) is 7.25. The molecule has 1 rings (SSSR count). The van der Waals surface area contributed by atoms with Crippen LogP contribution in [0, 0.1) is 16.0 Å². The molecule has 0 aliphatic heterocycles. The van der Waals surface area contributed by atoms with Crippen molar-refractivity contribution in [3.8, 4) is 0 Å². The molecule has 0 saturated carbocycles. The Morgan fingerprint density at radius 3 is 2.61 bits per heavy atom. The van der Waals surface area contributed by atoms with Crippen LogP contribution in [0.1, 0.15) is 30.6 Å². The van der Waals surface area contributed by atoms with Crippen LogP contribution in [-0.2, 0) is 9.53 Å². The Labute approximate surface area is 134 Å². The van der Waals surface area contributed by atoms with E-state index in [1.54, 1.807) is 7.05 Å². The Morgan fingerprint density at radius 1 is 1.35 bits per heavy atom. The Bertz CT molecular complexity index is 586. The molecule has 0 heterocycles. The molecule has 0 saturated heterocycles. The summed E-state index contributed by atoms with van der Waals surface area (Å²) in [7, 11) is 1.58. The number of carbonyl (C=O) groups excluding carboxylic acids is 2. The topological polar surface area (TPSA) is 111 Å².